The van der Waals surface area contributed by atoms with E-state index in [1.807, 2.05) is 0 Å². The molecule has 0 unspecified atom stereocenters. The molecule has 5 aliphatic rings. The van der Waals surface area contributed by atoms with Gasteiger partial charge >= 0.3 is 11.6 Å². The van der Waals surface area contributed by atoms with Crippen LogP contribution < -0.4 is 5.63 Å². The maximum absolute atomic E-state index is 12.7. The number of esters is 1. The van der Waals surface area contributed by atoms with Crippen LogP contribution >= 0.6 is 0 Å². The first kappa shape index (κ1) is 21.5. The third kappa shape index (κ3) is 2.66. The van der Waals surface area contributed by atoms with Crippen molar-refractivity contribution in [2.75, 3.05) is 0 Å². The molecule has 1 aromatic rings. The number of aliphatic hydroxyl groups excluding tert-OH is 1. The largest absolute Gasteiger partial charge is 0.459 e. The molecule has 1 N–H and O–H groups in total. The fourth-order valence-corrected chi connectivity index (χ4v) is 9.02. The highest BCUT2D eigenvalue weighted by Gasteiger charge is 2.85. The number of aldehydes is 1. The van der Waals surface area contributed by atoms with E-state index >= 15 is 0 Å². The molecule has 178 valence electrons. The minimum atomic E-state index is -0.451. The first-order valence-corrected chi connectivity index (χ1v) is 12.3. The van der Waals surface area contributed by atoms with Crippen LogP contribution in [-0.2, 0) is 19.1 Å². The summed E-state index contributed by atoms with van der Waals surface area (Å²) in [6, 6.07) is 3.21. The smallest absolute Gasteiger partial charge is 0.335 e. The molecule has 1 saturated heterocycles. The summed E-state index contributed by atoms with van der Waals surface area (Å²) in [5.41, 5.74) is -0.700. The van der Waals surface area contributed by atoms with Crippen molar-refractivity contribution >= 4 is 12.3 Å². The lowest BCUT2D eigenvalue weighted by atomic mass is 9.44. The van der Waals surface area contributed by atoms with Crippen molar-refractivity contribution in [3.05, 3.63) is 34.4 Å². The van der Waals surface area contributed by atoms with Gasteiger partial charge in [0.05, 0.1) is 12.4 Å². The summed E-state index contributed by atoms with van der Waals surface area (Å²) >= 11 is 0. The molecule has 7 nitrogen and oxygen atoms in total. The molecule has 1 spiro atoms. The minimum absolute atomic E-state index is 0.136. The molecule has 10 atom stereocenters. The topological polar surface area (TPSA) is 106 Å². The number of epoxide rings is 1. The lowest BCUT2D eigenvalue weighted by molar-refractivity contribution is -0.164. The number of rotatable bonds is 3. The monoisotopic (exact) mass is 456 g/mol. The van der Waals surface area contributed by atoms with E-state index in [0.29, 0.717) is 12.8 Å². The van der Waals surface area contributed by atoms with Crippen LogP contribution in [-0.4, -0.2) is 41.3 Å². The summed E-state index contributed by atoms with van der Waals surface area (Å²) in [5.74, 6) is 0.161. The highest BCUT2D eigenvalue weighted by molar-refractivity contribution is 5.67. The van der Waals surface area contributed by atoms with Gasteiger partial charge in [-0.2, -0.15) is 0 Å². The second kappa shape index (κ2) is 7.01. The van der Waals surface area contributed by atoms with Crippen LogP contribution in [0.5, 0.6) is 0 Å². The van der Waals surface area contributed by atoms with Crippen LogP contribution in [0.4, 0.5) is 0 Å². The Balaban J connectivity index is 1.42. The molecule has 4 saturated carbocycles. The van der Waals surface area contributed by atoms with E-state index in [1.165, 1.54) is 25.5 Å². The van der Waals surface area contributed by atoms with E-state index in [4.69, 9.17) is 13.9 Å². The van der Waals surface area contributed by atoms with Gasteiger partial charge in [0, 0.05) is 29.7 Å². The maximum Gasteiger partial charge on any atom is 0.335 e. The van der Waals surface area contributed by atoms with Crippen LogP contribution in [0, 0.1) is 28.6 Å². The Labute approximate surface area is 192 Å². The van der Waals surface area contributed by atoms with E-state index in [2.05, 4.69) is 6.92 Å². The van der Waals surface area contributed by atoms with Crippen molar-refractivity contribution in [3.8, 4) is 0 Å². The highest BCUT2D eigenvalue weighted by atomic mass is 16.7. The Morgan fingerprint density at radius 3 is 2.70 bits per heavy atom. The van der Waals surface area contributed by atoms with Crippen molar-refractivity contribution < 1.29 is 28.6 Å². The van der Waals surface area contributed by atoms with Gasteiger partial charge in [0.2, 0.25) is 0 Å². The fraction of sp³-hybridized carbons (Fsp3) is 0.731. The summed E-state index contributed by atoms with van der Waals surface area (Å²) < 4.78 is 17.7. The van der Waals surface area contributed by atoms with Crippen LogP contribution in [0.2, 0.25) is 0 Å². The number of ether oxygens (including phenoxy) is 2. The van der Waals surface area contributed by atoms with Crippen LogP contribution in [0.3, 0.4) is 0 Å². The second-order valence-electron chi connectivity index (χ2n) is 11.4. The van der Waals surface area contributed by atoms with E-state index in [-0.39, 0.29) is 47.3 Å². The summed E-state index contributed by atoms with van der Waals surface area (Å²) in [5, 5.41) is 10.3. The van der Waals surface area contributed by atoms with Gasteiger partial charge in [0.1, 0.15) is 24.1 Å². The number of carbonyl (C=O) groups excluding carboxylic acids is 2. The molecule has 5 fully saturated rings. The first-order chi connectivity index (χ1) is 15.8. The van der Waals surface area contributed by atoms with Crippen LogP contribution in [0.1, 0.15) is 70.3 Å². The summed E-state index contributed by atoms with van der Waals surface area (Å²) in [6.45, 7) is 3.65. The van der Waals surface area contributed by atoms with E-state index in [0.717, 1.165) is 37.7 Å². The Hall–Kier alpha value is -1.99. The van der Waals surface area contributed by atoms with Gasteiger partial charge in [-0.3, -0.25) is 4.79 Å². The van der Waals surface area contributed by atoms with Gasteiger partial charge in [-0.05, 0) is 74.3 Å². The number of aliphatic hydroxyl groups is 1. The van der Waals surface area contributed by atoms with Crippen LogP contribution in [0.25, 0.3) is 0 Å². The quantitative estimate of drug-likeness (QED) is 0.423. The second-order valence-corrected chi connectivity index (χ2v) is 11.4. The zero-order chi connectivity index (χ0) is 23.2. The van der Waals surface area contributed by atoms with E-state index in [1.54, 1.807) is 6.07 Å². The molecule has 1 aliphatic heterocycles. The Bertz CT molecular complexity index is 1030. The zero-order valence-corrected chi connectivity index (χ0v) is 19.2. The lowest BCUT2D eigenvalue weighted by Crippen LogP contribution is -2.59. The molecule has 1 aromatic heterocycles. The van der Waals surface area contributed by atoms with E-state index < -0.39 is 22.7 Å². The SMILES string of the molecule is CC(=O)O[C@H]1[C@@H](c2ccc(=O)oc2)[C@]2(C)CC[C@@H]3[C@H](CC[C@H]4C[C@H](O)CC[C@]43C=O)[C@@]23O[C@@H]13. The molecule has 0 radical (unpaired) electrons. The lowest BCUT2D eigenvalue weighted by Gasteiger charge is -2.60. The molecular weight excluding hydrogens is 424 g/mol. The molecule has 33 heavy (non-hydrogen) atoms. The molecule has 0 bridgehead atoms. The third-order valence-electron chi connectivity index (χ3n) is 10.3. The minimum Gasteiger partial charge on any atom is -0.459 e. The number of hydrogen-bond acceptors (Lipinski definition) is 7. The molecule has 7 heteroatoms. The summed E-state index contributed by atoms with van der Waals surface area (Å²) in [4.78, 5) is 36.4. The van der Waals surface area contributed by atoms with Crippen molar-refractivity contribution in [1.82, 2.24) is 0 Å². The summed E-state index contributed by atoms with van der Waals surface area (Å²) in [7, 11) is 0. The molecule has 0 amide bonds. The number of fused-ring (bicyclic) bond motifs is 3. The normalized spacial score (nSPS) is 49.7. The van der Waals surface area contributed by atoms with Crippen molar-refractivity contribution in [2.24, 2.45) is 28.6 Å². The van der Waals surface area contributed by atoms with Gasteiger partial charge in [0.25, 0.3) is 0 Å². The van der Waals surface area contributed by atoms with Crippen LogP contribution in [0.15, 0.2) is 27.6 Å². The molecular formula is C26H32O7. The first-order valence-electron chi connectivity index (χ1n) is 12.3. The number of hydrogen-bond donors (Lipinski definition) is 1. The Morgan fingerprint density at radius 1 is 1.18 bits per heavy atom. The predicted molar refractivity (Wildman–Crippen MR) is 116 cm³/mol. The Kier molecular flexibility index (Phi) is 4.58. The van der Waals surface area contributed by atoms with Crippen molar-refractivity contribution in [3.63, 3.8) is 0 Å². The zero-order valence-electron chi connectivity index (χ0n) is 19.2. The molecule has 0 aromatic carbocycles. The van der Waals surface area contributed by atoms with E-state index in [9.17, 15) is 19.5 Å². The third-order valence-corrected chi connectivity index (χ3v) is 10.3. The average Bonchev–Trinajstić information content (AvgIpc) is 3.49. The molecule has 6 rings (SSSR count). The van der Waals surface area contributed by atoms with Crippen molar-refractivity contribution in [2.45, 2.75) is 88.6 Å². The van der Waals surface area contributed by atoms with Gasteiger partial charge in [0.15, 0.2) is 0 Å². The highest BCUT2D eigenvalue weighted by Crippen LogP contribution is 2.78. The van der Waals surface area contributed by atoms with Crippen molar-refractivity contribution in [1.29, 1.82) is 0 Å². The molecule has 2 heterocycles. The average molecular weight is 457 g/mol. The molecule has 4 aliphatic carbocycles. The van der Waals surface area contributed by atoms with Gasteiger partial charge in [-0.1, -0.05) is 6.92 Å². The maximum atomic E-state index is 12.7. The standard InChI is InChI=1S/C26H32O7/c1-14(28)32-22-21(15-3-6-20(30)31-12-15)24(2)9-8-18-19(26(24)23(22)33-26)5-4-16-11-17(29)7-10-25(16,18)13-27/h3,6,12-13,16-19,21-23,29H,4-5,7-11H2,1-2H3/t16-,17+,18+,19-,21+,22-,23-,24-,25-,26-/m0/s1. The van der Waals surface area contributed by atoms with Gasteiger partial charge in [-0.25, -0.2) is 4.79 Å². The van der Waals surface area contributed by atoms with Gasteiger partial charge < -0.3 is 23.8 Å². The fourth-order valence-electron chi connectivity index (χ4n) is 9.02. The number of carbonyl (C=O) groups is 2. The summed E-state index contributed by atoms with van der Waals surface area (Å²) in [6.07, 6.45) is 7.47. The van der Waals surface area contributed by atoms with Gasteiger partial charge in [-0.15, -0.1) is 0 Å². The predicted octanol–water partition coefficient (Wildman–Crippen LogP) is 2.98. The Morgan fingerprint density at radius 2 is 2.00 bits per heavy atom.